The Hall–Kier alpha value is -2.30. The maximum atomic E-state index is 12.2. The smallest absolute Gasteiger partial charge is 0.193 e. The number of carbonyl (C=O) groups excluding carboxylic acids is 2. The van der Waals surface area contributed by atoms with Gasteiger partial charge in [0.25, 0.3) is 0 Å². The standard InChI is InChI=1S/C21H24O4/c1-20(2,24)18(22)16-9-5-7-14(12-16)11-15-8-6-10-17(13-15)19(23)21(3,4)25/h5-10,12-13,24-25H,11H2,1-4H3. The molecule has 2 aromatic carbocycles. The van der Waals surface area contributed by atoms with Crippen molar-refractivity contribution in [1.82, 2.24) is 0 Å². The number of hydrogen-bond acceptors (Lipinski definition) is 4. The van der Waals surface area contributed by atoms with Crippen LogP contribution in [0.5, 0.6) is 0 Å². The maximum absolute atomic E-state index is 12.2. The molecule has 2 N–H and O–H groups in total. The van der Waals surface area contributed by atoms with Crippen LogP contribution in [0.3, 0.4) is 0 Å². The van der Waals surface area contributed by atoms with E-state index in [-0.39, 0.29) is 11.6 Å². The first-order chi connectivity index (χ1) is 11.5. The quantitative estimate of drug-likeness (QED) is 0.792. The summed E-state index contributed by atoms with van der Waals surface area (Å²) >= 11 is 0. The SMILES string of the molecule is CC(C)(O)C(=O)c1cccc(Cc2cccc(C(=O)C(C)(C)O)c2)c1. The molecule has 0 unspecified atom stereocenters. The number of rotatable bonds is 6. The van der Waals surface area contributed by atoms with E-state index in [0.29, 0.717) is 17.5 Å². The van der Waals surface area contributed by atoms with Gasteiger partial charge in [-0.25, -0.2) is 0 Å². The van der Waals surface area contributed by atoms with Gasteiger partial charge in [-0.05, 0) is 57.4 Å². The molecule has 0 aliphatic rings. The van der Waals surface area contributed by atoms with Crippen molar-refractivity contribution in [3.05, 3.63) is 70.8 Å². The van der Waals surface area contributed by atoms with Crippen molar-refractivity contribution in [1.29, 1.82) is 0 Å². The van der Waals surface area contributed by atoms with Crippen molar-refractivity contribution < 1.29 is 19.8 Å². The van der Waals surface area contributed by atoms with Crippen molar-refractivity contribution in [2.45, 2.75) is 45.3 Å². The molecule has 25 heavy (non-hydrogen) atoms. The van der Waals surface area contributed by atoms with Crippen LogP contribution in [0.1, 0.15) is 59.5 Å². The predicted molar refractivity (Wildman–Crippen MR) is 96.9 cm³/mol. The average Bonchev–Trinajstić information content (AvgIpc) is 2.52. The molecular weight excluding hydrogens is 316 g/mol. The minimum absolute atomic E-state index is 0.333. The van der Waals surface area contributed by atoms with Crippen molar-refractivity contribution in [3.63, 3.8) is 0 Å². The molecule has 2 aromatic rings. The number of Topliss-reactive ketones (excluding diaryl/α,β-unsaturated/α-hetero) is 2. The fourth-order valence-electron chi connectivity index (χ4n) is 2.59. The highest BCUT2D eigenvalue weighted by molar-refractivity contribution is 6.02. The Morgan fingerprint density at radius 1 is 0.760 bits per heavy atom. The lowest BCUT2D eigenvalue weighted by Crippen LogP contribution is -2.31. The molecule has 0 atom stereocenters. The number of ketones is 2. The summed E-state index contributed by atoms with van der Waals surface area (Å²) in [7, 11) is 0. The molecule has 0 fully saturated rings. The van der Waals surface area contributed by atoms with Crippen LogP contribution in [0.25, 0.3) is 0 Å². The monoisotopic (exact) mass is 340 g/mol. The summed E-state index contributed by atoms with van der Waals surface area (Å²) in [5.41, 5.74) is -0.122. The Balaban J connectivity index is 2.27. The minimum atomic E-state index is -1.42. The molecule has 0 heterocycles. The van der Waals surface area contributed by atoms with Crippen LogP contribution in [-0.4, -0.2) is 33.0 Å². The Morgan fingerprint density at radius 2 is 1.12 bits per heavy atom. The third kappa shape index (κ3) is 4.84. The molecule has 2 rings (SSSR count). The zero-order valence-corrected chi connectivity index (χ0v) is 15.0. The maximum Gasteiger partial charge on any atom is 0.193 e. The average molecular weight is 340 g/mol. The van der Waals surface area contributed by atoms with Crippen LogP contribution >= 0.6 is 0 Å². The first kappa shape index (κ1) is 19.0. The van der Waals surface area contributed by atoms with Gasteiger partial charge in [0, 0.05) is 11.1 Å². The van der Waals surface area contributed by atoms with E-state index in [1.807, 2.05) is 12.1 Å². The lowest BCUT2D eigenvalue weighted by molar-refractivity contribution is 0.0487. The Morgan fingerprint density at radius 3 is 1.44 bits per heavy atom. The number of benzene rings is 2. The van der Waals surface area contributed by atoms with Crippen LogP contribution in [-0.2, 0) is 6.42 Å². The summed E-state index contributed by atoms with van der Waals surface area (Å²) in [5.74, 6) is -0.666. The molecule has 0 aliphatic carbocycles. The minimum Gasteiger partial charge on any atom is -0.382 e. The molecule has 4 heteroatoms. The Kier molecular flexibility index (Phi) is 5.26. The fraction of sp³-hybridized carbons (Fsp3) is 0.333. The van der Waals surface area contributed by atoms with E-state index in [1.165, 1.54) is 27.7 Å². The van der Waals surface area contributed by atoms with Gasteiger partial charge < -0.3 is 10.2 Å². The number of aliphatic hydroxyl groups is 2. The lowest BCUT2D eigenvalue weighted by atomic mass is 9.92. The van der Waals surface area contributed by atoms with Crippen molar-refractivity contribution in [2.24, 2.45) is 0 Å². The molecular formula is C21H24O4. The van der Waals surface area contributed by atoms with Crippen LogP contribution in [0.15, 0.2) is 48.5 Å². The third-order valence-electron chi connectivity index (χ3n) is 3.90. The second-order valence-corrected chi connectivity index (χ2v) is 7.35. The molecule has 0 radical (unpaired) electrons. The first-order valence-electron chi connectivity index (χ1n) is 8.21. The Bertz CT molecular complexity index is 725. The summed E-state index contributed by atoms with van der Waals surface area (Å²) < 4.78 is 0. The topological polar surface area (TPSA) is 74.6 Å². The predicted octanol–water partition coefficient (Wildman–Crippen LogP) is 3.18. The fourth-order valence-corrected chi connectivity index (χ4v) is 2.59. The second-order valence-electron chi connectivity index (χ2n) is 7.35. The second kappa shape index (κ2) is 6.90. The highest BCUT2D eigenvalue weighted by atomic mass is 16.3. The summed E-state index contributed by atoms with van der Waals surface area (Å²) in [5, 5.41) is 19.8. The largest absolute Gasteiger partial charge is 0.382 e. The van der Waals surface area contributed by atoms with E-state index in [2.05, 4.69) is 0 Å². The summed E-state index contributed by atoms with van der Waals surface area (Å²) in [6, 6.07) is 14.2. The van der Waals surface area contributed by atoms with Crippen LogP contribution in [0, 0.1) is 0 Å². The van der Waals surface area contributed by atoms with Gasteiger partial charge in [0.05, 0.1) is 0 Å². The molecule has 132 valence electrons. The van der Waals surface area contributed by atoms with Gasteiger partial charge in [0.1, 0.15) is 11.2 Å². The van der Waals surface area contributed by atoms with Gasteiger partial charge in [-0.2, -0.15) is 0 Å². The molecule has 0 spiro atoms. The summed E-state index contributed by atoms with van der Waals surface area (Å²) in [4.78, 5) is 24.4. The molecule has 0 aliphatic heterocycles. The van der Waals surface area contributed by atoms with Gasteiger partial charge in [0.15, 0.2) is 11.6 Å². The van der Waals surface area contributed by atoms with Crippen molar-refractivity contribution in [2.75, 3.05) is 0 Å². The van der Waals surface area contributed by atoms with Gasteiger partial charge in [0.2, 0.25) is 0 Å². The molecule has 0 amide bonds. The van der Waals surface area contributed by atoms with Crippen LogP contribution < -0.4 is 0 Å². The number of hydrogen-bond donors (Lipinski definition) is 2. The van der Waals surface area contributed by atoms with Crippen molar-refractivity contribution in [3.8, 4) is 0 Å². The summed E-state index contributed by atoms with van der Waals surface area (Å²) in [6.45, 7) is 5.86. The normalized spacial score (nSPS) is 12.1. The van der Waals surface area contributed by atoms with Gasteiger partial charge in [-0.15, -0.1) is 0 Å². The molecule has 0 saturated carbocycles. The van der Waals surface area contributed by atoms with E-state index in [1.54, 1.807) is 36.4 Å². The van der Waals surface area contributed by atoms with E-state index < -0.39 is 11.2 Å². The van der Waals surface area contributed by atoms with Crippen LogP contribution in [0.4, 0.5) is 0 Å². The zero-order valence-electron chi connectivity index (χ0n) is 15.0. The highest BCUT2D eigenvalue weighted by Gasteiger charge is 2.26. The lowest BCUT2D eigenvalue weighted by Gasteiger charge is -2.17. The Labute approximate surface area is 148 Å². The number of carbonyl (C=O) groups is 2. The molecule has 0 saturated heterocycles. The van der Waals surface area contributed by atoms with E-state index in [9.17, 15) is 19.8 Å². The van der Waals surface area contributed by atoms with Crippen molar-refractivity contribution >= 4 is 11.6 Å². The van der Waals surface area contributed by atoms with Gasteiger partial charge in [-0.3, -0.25) is 9.59 Å². The third-order valence-corrected chi connectivity index (χ3v) is 3.90. The molecule has 0 aromatic heterocycles. The molecule has 0 bridgehead atoms. The summed E-state index contributed by atoms with van der Waals surface area (Å²) in [6.07, 6.45) is 0.542. The van der Waals surface area contributed by atoms with Crippen LogP contribution in [0.2, 0.25) is 0 Å². The van der Waals surface area contributed by atoms with Gasteiger partial charge >= 0.3 is 0 Å². The molecule has 4 nitrogen and oxygen atoms in total. The zero-order chi connectivity index (χ0) is 18.8. The van der Waals surface area contributed by atoms with E-state index in [0.717, 1.165) is 11.1 Å². The highest BCUT2D eigenvalue weighted by Crippen LogP contribution is 2.19. The van der Waals surface area contributed by atoms with E-state index >= 15 is 0 Å². The van der Waals surface area contributed by atoms with Gasteiger partial charge in [-0.1, -0.05) is 36.4 Å². The first-order valence-corrected chi connectivity index (χ1v) is 8.21. The van der Waals surface area contributed by atoms with E-state index in [4.69, 9.17) is 0 Å².